The Labute approximate surface area is 118 Å². The Bertz CT molecular complexity index is 356. The van der Waals surface area contributed by atoms with E-state index in [1.54, 1.807) is 4.90 Å². The number of rotatable bonds is 4. The summed E-state index contributed by atoms with van der Waals surface area (Å²) < 4.78 is 0. The Kier molecular flexibility index (Phi) is 5.19. The second-order valence-electron chi connectivity index (χ2n) is 5.55. The van der Waals surface area contributed by atoms with Gasteiger partial charge >= 0.3 is 12.0 Å². The standard InChI is InChI=1S/C13H23N3O4/c17-8-2-11-1-3-16(9-11)13(20)15-6-4-14(5-7-15)10-12(18)19/h11,17H,1-10H2,(H,18,19). The molecular formula is C13H23N3O4. The zero-order chi connectivity index (χ0) is 14.5. The molecular weight excluding hydrogens is 262 g/mol. The third kappa shape index (κ3) is 3.83. The van der Waals surface area contributed by atoms with Crippen molar-refractivity contribution in [1.29, 1.82) is 0 Å². The number of hydrogen-bond donors (Lipinski definition) is 2. The van der Waals surface area contributed by atoms with E-state index in [0.717, 1.165) is 25.9 Å². The van der Waals surface area contributed by atoms with Crippen LogP contribution >= 0.6 is 0 Å². The van der Waals surface area contributed by atoms with E-state index >= 15 is 0 Å². The van der Waals surface area contributed by atoms with E-state index in [9.17, 15) is 9.59 Å². The number of carbonyl (C=O) groups excluding carboxylic acids is 1. The molecule has 0 radical (unpaired) electrons. The summed E-state index contributed by atoms with van der Waals surface area (Å²) in [7, 11) is 0. The van der Waals surface area contributed by atoms with Gasteiger partial charge in [-0.1, -0.05) is 0 Å². The lowest BCUT2D eigenvalue weighted by atomic mass is 10.1. The maximum atomic E-state index is 12.3. The number of aliphatic hydroxyl groups excluding tert-OH is 1. The number of carbonyl (C=O) groups is 2. The minimum Gasteiger partial charge on any atom is -0.480 e. The highest BCUT2D eigenvalue weighted by Gasteiger charge is 2.30. The molecule has 0 bridgehead atoms. The second kappa shape index (κ2) is 6.90. The summed E-state index contributed by atoms with van der Waals surface area (Å²) in [5.74, 6) is -0.409. The topological polar surface area (TPSA) is 84.3 Å². The van der Waals surface area contributed by atoms with Crippen LogP contribution in [0.25, 0.3) is 0 Å². The van der Waals surface area contributed by atoms with E-state index in [4.69, 9.17) is 10.2 Å². The quantitative estimate of drug-likeness (QED) is 0.728. The van der Waals surface area contributed by atoms with Crippen LogP contribution in [0, 0.1) is 5.92 Å². The summed E-state index contributed by atoms with van der Waals surface area (Å²) in [6.07, 6.45) is 1.72. The van der Waals surface area contributed by atoms with Crippen molar-refractivity contribution in [2.24, 2.45) is 5.92 Å². The third-order valence-electron chi connectivity index (χ3n) is 4.10. The van der Waals surface area contributed by atoms with Gasteiger partial charge < -0.3 is 20.0 Å². The number of nitrogens with zero attached hydrogens (tertiary/aromatic N) is 3. The van der Waals surface area contributed by atoms with Crippen LogP contribution < -0.4 is 0 Å². The molecule has 2 heterocycles. The normalized spacial score (nSPS) is 24.1. The molecule has 0 aromatic heterocycles. The minimum absolute atomic E-state index is 0.0460. The van der Waals surface area contributed by atoms with Gasteiger partial charge in [0.15, 0.2) is 0 Å². The largest absolute Gasteiger partial charge is 0.480 e. The smallest absolute Gasteiger partial charge is 0.320 e. The molecule has 0 aromatic carbocycles. The summed E-state index contributed by atoms with van der Waals surface area (Å²) in [5, 5.41) is 17.7. The predicted octanol–water partition coefficient (Wildman–Crippen LogP) is -0.487. The fourth-order valence-electron chi connectivity index (χ4n) is 2.91. The zero-order valence-electron chi connectivity index (χ0n) is 11.7. The highest BCUT2D eigenvalue weighted by atomic mass is 16.4. The van der Waals surface area contributed by atoms with E-state index in [2.05, 4.69) is 0 Å². The van der Waals surface area contributed by atoms with Gasteiger partial charge in [0.1, 0.15) is 0 Å². The molecule has 0 aromatic rings. The summed E-state index contributed by atoms with van der Waals surface area (Å²) >= 11 is 0. The number of carboxylic acids is 1. The molecule has 1 unspecified atom stereocenters. The molecule has 2 rings (SSSR count). The van der Waals surface area contributed by atoms with E-state index in [0.29, 0.717) is 32.1 Å². The van der Waals surface area contributed by atoms with E-state index in [1.807, 2.05) is 9.80 Å². The third-order valence-corrected chi connectivity index (χ3v) is 4.10. The van der Waals surface area contributed by atoms with Crippen molar-refractivity contribution in [2.45, 2.75) is 12.8 Å². The Morgan fingerprint density at radius 2 is 1.75 bits per heavy atom. The molecule has 7 nitrogen and oxygen atoms in total. The molecule has 0 aliphatic carbocycles. The summed E-state index contributed by atoms with van der Waals surface area (Å²) in [5.41, 5.74) is 0. The summed E-state index contributed by atoms with van der Waals surface area (Å²) in [4.78, 5) is 28.5. The SMILES string of the molecule is O=C(O)CN1CCN(C(=O)N2CCC(CCO)C2)CC1. The van der Waals surface area contributed by atoms with Crippen LogP contribution in [-0.2, 0) is 4.79 Å². The van der Waals surface area contributed by atoms with Crippen molar-refractivity contribution >= 4 is 12.0 Å². The van der Waals surface area contributed by atoms with Gasteiger partial charge in [-0.2, -0.15) is 0 Å². The molecule has 7 heteroatoms. The predicted molar refractivity (Wildman–Crippen MR) is 72.4 cm³/mol. The van der Waals surface area contributed by atoms with Crippen LogP contribution in [0.4, 0.5) is 4.79 Å². The lowest BCUT2D eigenvalue weighted by molar-refractivity contribution is -0.138. The van der Waals surface area contributed by atoms with E-state index in [1.165, 1.54) is 0 Å². The lowest BCUT2D eigenvalue weighted by Crippen LogP contribution is -2.53. The van der Waals surface area contributed by atoms with Gasteiger partial charge in [0.25, 0.3) is 0 Å². The summed E-state index contributed by atoms with van der Waals surface area (Å²) in [6.45, 7) is 4.14. The van der Waals surface area contributed by atoms with E-state index < -0.39 is 5.97 Å². The first-order valence-electron chi connectivity index (χ1n) is 7.19. The fraction of sp³-hybridized carbons (Fsp3) is 0.846. The summed E-state index contributed by atoms with van der Waals surface area (Å²) in [6, 6.07) is 0.0559. The fourth-order valence-corrected chi connectivity index (χ4v) is 2.91. The van der Waals surface area contributed by atoms with Crippen molar-refractivity contribution in [1.82, 2.24) is 14.7 Å². The minimum atomic E-state index is -0.823. The Hall–Kier alpha value is -1.34. The number of carboxylic acid groups (broad SMARTS) is 1. The van der Waals surface area contributed by atoms with Gasteiger partial charge in [-0.15, -0.1) is 0 Å². The molecule has 20 heavy (non-hydrogen) atoms. The number of amides is 2. The number of urea groups is 1. The molecule has 2 aliphatic rings. The van der Waals surface area contributed by atoms with Crippen LogP contribution in [-0.4, -0.2) is 89.3 Å². The Balaban J connectivity index is 1.76. The van der Waals surface area contributed by atoms with Crippen LogP contribution in [0.15, 0.2) is 0 Å². The first-order valence-corrected chi connectivity index (χ1v) is 7.19. The van der Waals surface area contributed by atoms with Crippen molar-refractivity contribution in [3.8, 4) is 0 Å². The molecule has 2 saturated heterocycles. The Morgan fingerprint density at radius 3 is 2.35 bits per heavy atom. The van der Waals surface area contributed by atoms with Crippen LogP contribution in [0.1, 0.15) is 12.8 Å². The van der Waals surface area contributed by atoms with Gasteiger partial charge in [0, 0.05) is 45.9 Å². The first-order chi connectivity index (χ1) is 9.60. The molecule has 0 saturated carbocycles. The molecule has 1 atom stereocenters. The number of aliphatic hydroxyl groups is 1. The number of aliphatic carboxylic acids is 1. The Morgan fingerprint density at radius 1 is 1.05 bits per heavy atom. The molecule has 2 fully saturated rings. The lowest BCUT2D eigenvalue weighted by Gasteiger charge is -2.36. The van der Waals surface area contributed by atoms with Crippen LogP contribution in [0.5, 0.6) is 0 Å². The van der Waals surface area contributed by atoms with Gasteiger partial charge in [-0.3, -0.25) is 9.69 Å². The molecule has 114 valence electrons. The van der Waals surface area contributed by atoms with Crippen molar-refractivity contribution in [2.75, 3.05) is 52.4 Å². The van der Waals surface area contributed by atoms with Crippen molar-refractivity contribution in [3.05, 3.63) is 0 Å². The average molecular weight is 285 g/mol. The molecule has 0 spiro atoms. The van der Waals surface area contributed by atoms with Gasteiger partial charge in [-0.05, 0) is 18.8 Å². The molecule has 2 aliphatic heterocycles. The molecule has 2 amide bonds. The average Bonchev–Trinajstić information content (AvgIpc) is 2.87. The maximum Gasteiger partial charge on any atom is 0.320 e. The zero-order valence-corrected chi connectivity index (χ0v) is 11.7. The van der Waals surface area contributed by atoms with Gasteiger partial charge in [0.05, 0.1) is 6.54 Å². The van der Waals surface area contributed by atoms with Crippen LogP contribution in [0.3, 0.4) is 0 Å². The highest BCUT2D eigenvalue weighted by Crippen LogP contribution is 2.20. The number of likely N-dealkylation sites (tertiary alicyclic amines) is 1. The monoisotopic (exact) mass is 285 g/mol. The van der Waals surface area contributed by atoms with Crippen molar-refractivity contribution in [3.63, 3.8) is 0 Å². The first kappa shape index (κ1) is 15.1. The van der Waals surface area contributed by atoms with Gasteiger partial charge in [0.2, 0.25) is 0 Å². The second-order valence-corrected chi connectivity index (χ2v) is 5.55. The maximum absolute atomic E-state index is 12.3. The number of piperazine rings is 1. The van der Waals surface area contributed by atoms with Crippen molar-refractivity contribution < 1.29 is 19.8 Å². The molecule has 2 N–H and O–H groups in total. The highest BCUT2D eigenvalue weighted by molar-refractivity contribution is 5.75. The van der Waals surface area contributed by atoms with Gasteiger partial charge in [-0.25, -0.2) is 4.79 Å². The number of hydrogen-bond acceptors (Lipinski definition) is 4. The van der Waals surface area contributed by atoms with Crippen LogP contribution in [0.2, 0.25) is 0 Å². The van der Waals surface area contributed by atoms with E-state index in [-0.39, 0.29) is 19.2 Å².